The molecule has 2 aromatic rings. The number of thioether (sulfide) groups is 1. The van der Waals surface area contributed by atoms with E-state index in [1.54, 1.807) is 18.9 Å². The Labute approximate surface area is 173 Å². The summed E-state index contributed by atoms with van der Waals surface area (Å²) < 4.78 is 11.7. The third-order valence-corrected chi connectivity index (χ3v) is 6.27. The van der Waals surface area contributed by atoms with Gasteiger partial charge in [-0.1, -0.05) is 28.1 Å². The molecule has 1 fully saturated rings. The summed E-state index contributed by atoms with van der Waals surface area (Å²) in [7, 11) is 1.66. The first-order valence-electron chi connectivity index (χ1n) is 9.03. The van der Waals surface area contributed by atoms with Crippen molar-refractivity contribution in [2.75, 3.05) is 26.1 Å². The molecule has 1 N–H and O–H groups in total. The number of amides is 1. The van der Waals surface area contributed by atoms with E-state index in [4.69, 9.17) is 9.47 Å². The highest BCUT2D eigenvalue weighted by Gasteiger charge is 2.35. The van der Waals surface area contributed by atoms with Crippen molar-refractivity contribution < 1.29 is 14.3 Å². The zero-order valence-corrected chi connectivity index (χ0v) is 17.8. The summed E-state index contributed by atoms with van der Waals surface area (Å²) in [5.74, 6) is 1.66. The van der Waals surface area contributed by atoms with Crippen molar-refractivity contribution in [3.05, 3.63) is 58.6 Å². The molecule has 0 atom stereocenters. The minimum atomic E-state index is -0.343. The summed E-state index contributed by atoms with van der Waals surface area (Å²) in [4.78, 5) is 13.8. The molecule has 0 unspecified atom stereocenters. The minimum absolute atomic E-state index is 0.0814. The van der Waals surface area contributed by atoms with Crippen molar-refractivity contribution in [2.24, 2.45) is 0 Å². The van der Waals surface area contributed by atoms with Gasteiger partial charge < -0.3 is 14.8 Å². The van der Waals surface area contributed by atoms with Crippen LogP contribution in [0, 0.1) is 0 Å². The zero-order valence-electron chi connectivity index (χ0n) is 15.4. The number of carbonyl (C=O) groups is 1. The topological polar surface area (TPSA) is 47.6 Å². The Morgan fingerprint density at radius 2 is 1.96 bits per heavy atom. The normalized spacial score (nSPS) is 15.9. The number of halogens is 1. The van der Waals surface area contributed by atoms with Crippen LogP contribution in [0.15, 0.2) is 57.9 Å². The SMILES string of the molecule is COc1ccc(SCCC(=O)NC2(c3cccc(Br)c3)CCOCC2)cc1. The molecular weight excluding hydrogens is 426 g/mol. The van der Waals surface area contributed by atoms with Gasteiger partial charge in [-0.15, -0.1) is 11.8 Å². The van der Waals surface area contributed by atoms with Crippen LogP contribution in [0.3, 0.4) is 0 Å². The molecule has 144 valence electrons. The Hall–Kier alpha value is -1.50. The molecule has 1 saturated heterocycles. The summed E-state index contributed by atoms with van der Waals surface area (Å²) in [5, 5.41) is 3.31. The van der Waals surface area contributed by atoms with E-state index in [0.29, 0.717) is 19.6 Å². The predicted molar refractivity (Wildman–Crippen MR) is 112 cm³/mol. The maximum Gasteiger partial charge on any atom is 0.221 e. The summed E-state index contributed by atoms with van der Waals surface area (Å²) in [6, 6.07) is 16.1. The standard InChI is InChI=1S/C21H24BrNO3S/c1-25-18-5-7-19(8-6-18)27-14-9-20(24)23-21(10-12-26-13-11-21)16-3-2-4-17(22)15-16/h2-8,15H,9-14H2,1H3,(H,23,24). The molecule has 1 aliphatic rings. The molecule has 6 heteroatoms. The van der Waals surface area contributed by atoms with E-state index in [2.05, 4.69) is 33.4 Å². The van der Waals surface area contributed by atoms with Gasteiger partial charge in [-0.05, 0) is 54.8 Å². The van der Waals surface area contributed by atoms with Crippen LogP contribution >= 0.6 is 27.7 Å². The second-order valence-electron chi connectivity index (χ2n) is 6.53. The van der Waals surface area contributed by atoms with Crippen molar-refractivity contribution in [1.82, 2.24) is 5.32 Å². The minimum Gasteiger partial charge on any atom is -0.497 e. The predicted octanol–water partition coefficient (Wildman–Crippen LogP) is 4.76. The molecule has 3 rings (SSSR count). The van der Waals surface area contributed by atoms with E-state index in [9.17, 15) is 4.79 Å². The molecule has 1 heterocycles. The molecule has 1 amide bonds. The smallest absolute Gasteiger partial charge is 0.221 e. The number of nitrogens with one attached hydrogen (secondary N) is 1. The number of hydrogen-bond acceptors (Lipinski definition) is 4. The van der Waals surface area contributed by atoms with Crippen molar-refractivity contribution in [1.29, 1.82) is 0 Å². The maximum atomic E-state index is 12.7. The number of carbonyl (C=O) groups excluding carboxylic acids is 1. The Balaban J connectivity index is 1.59. The highest BCUT2D eigenvalue weighted by molar-refractivity contribution is 9.10. The lowest BCUT2D eigenvalue weighted by Crippen LogP contribution is -2.49. The Kier molecular flexibility index (Phi) is 7.21. The number of hydrogen-bond donors (Lipinski definition) is 1. The maximum absolute atomic E-state index is 12.7. The summed E-state index contributed by atoms with van der Waals surface area (Å²) in [6.07, 6.45) is 2.06. The summed E-state index contributed by atoms with van der Waals surface area (Å²) in [5.41, 5.74) is 0.792. The lowest BCUT2D eigenvalue weighted by molar-refractivity contribution is -0.124. The number of rotatable bonds is 7. The second-order valence-corrected chi connectivity index (χ2v) is 8.61. The van der Waals surface area contributed by atoms with Gasteiger partial charge in [-0.3, -0.25) is 4.79 Å². The number of methoxy groups -OCH3 is 1. The fraction of sp³-hybridized carbons (Fsp3) is 0.381. The molecule has 0 aliphatic carbocycles. The van der Waals surface area contributed by atoms with Crippen LogP contribution in [0.2, 0.25) is 0 Å². The quantitative estimate of drug-likeness (QED) is 0.618. The molecule has 0 saturated carbocycles. The van der Waals surface area contributed by atoms with Gasteiger partial charge in [0, 0.05) is 34.8 Å². The third-order valence-electron chi connectivity index (χ3n) is 4.76. The van der Waals surface area contributed by atoms with Crippen LogP contribution in [0.5, 0.6) is 5.75 Å². The lowest BCUT2D eigenvalue weighted by atomic mass is 9.82. The van der Waals surface area contributed by atoms with Crippen LogP contribution in [0.1, 0.15) is 24.8 Å². The lowest BCUT2D eigenvalue weighted by Gasteiger charge is -2.38. The van der Waals surface area contributed by atoms with E-state index < -0.39 is 0 Å². The van der Waals surface area contributed by atoms with Gasteiger partial charge in [0.2, 0.25) is 5.91 Å². The molecule has 27 heavy (non-hydrogen) atoms. The fourth-order valence-electron chi connectivity index (χ4n) is 3.25. The monoisotopic (exact) mass is 449 g/mol. The van der Waals surface area contributed by atoms with Crippen LogP contribution in [0.25, 0.3) is 0 Å². The van der Waals surface area contributed by atoms with Crippen molar-refractivity contribution in [2.45, 2.75) is 29.7 Å². The van der Waals surface area contributed by atoms with Crippen LogP contribution < -0.4 is 10.1 Å². The highest BCUT2D eigenvalue weighted by Crippen LogP contribution is 2.33. The van der Waals surface area contributed by atoms with Gasteiger partial charge >= 0.3 is 0 Å². The van der Waals surface area contributed by atoms with Crippen LogP contribution in [-0.4, -0.2) is 32.0 Å². The number of benzene rings is 2. The molecule has 2 aromatic carbocycles. The molecule has 4 nitrogen and oxygen atoms in total. The average molecular weight is 450 g/mol. The first-order chi connectivity index (χ1) is 13.1. The first kappa shape index (κ1) is 20.2. The first-order valence-corrected chi connectivity index (χ1v) is 10.8. The van der Waals surface area contributed by atoms with Gasteiger partial charge in [0.1, 0.15) is 5.75 Å². The molecular formula is C21H24BrNO3S. The van der Waals surface area contributed by atoms with Crippen LogP contribution in [0.4, 0.5) is 0 Å². The highest BCUT2D eigenvalue weighted by atomic mass is 79.9. The number of ether oxygens (including phenoxy) is 2. The molecule has 1 aliphatic heterocycles. The second kappa shape index (κ2) is 9.62. The van der Waals surface area contributed by atoms with Gasteiger partial charge in [-0.25, -0.2) is 0 Å². The van der Waals surface area contributed by atoms with E-state index >= 15 is 0 Å². The van der Waals surface area contributed by atoms with Crippen LogP contribution in [-0.2, 0) is 15.1 Å². The molecule has 0 spiro atoms. The average Bonchev–Trinajstić information content (AvgIpc) is 2.69. The third kappa shape index (κ3) is 5.50. The summed E-state index contributed by atoms with van der Waals surface area (Å²) >= 11 is 5.22. The fourth-order valence-corrected chi connectivity index (χ4v) is 4.51. The van der Waals surface area contributed by atoms with Crippen molar-refractivity contribution in [3.63, 3.8) is 0 Å². The van der Waals surface area contributed by atoms with Gasteiger partial charge in [-0.2, -0.15) is 0 Å². The zero-order chi connectivity index (χ0) is 19.1. The van der Waals surface area contributed by atoms with Crippen molar-refractivity contribution in [3.8, 4) is 5.75 Å². The largest absolute Gasteiger partial charge is 0.497 e. The van der Waals surface area contributed by atoms with E-state index in [0.717, 1.165) is 39.3 Å². The Bertz CT molecular complexity index is 760. The van der Waals surface area contributed by atoms with Gasteiger partial charge in [0.15, 0.2) is 0 Å². The Morgan fingerprint density at radius 1 is 1.22 bits per heavy atom. The van der Waals surface area contributed by atoms with Crippen molar-refractivity contribution >= 4 is 33.6 Å². The van der Waals surface area contributed by atoms with Gasteiger partial charge in [0.25, 0.3) is 0 Å². The van der Waals surface area contributed by atoms with E-state index in [1.807, 2.05) is 36.4 Å². The van der Waals surface area contributed by atoms with Gasteiger partial charge in [0.05, 0.1) is 12.6 Å². The molecule has 0 bridgehead atoms. The van der Waals surface area contributed by atoms with E-state index in [1.165, 1.54) is 0 Å². The Morgan fingerprint density at radius 3 is 2.63 bits per heavy atom. The molecule has 0 aromatic heterocycles. The molecule has 0 radical (unpaired) electrons. The summed E-state index contributed by atoms with van der Waals surface area (Å²) in [6.45, 7) is 1.32. The van der Waals surface area contributed by atoms with E-state index in [-0.39, 0.29) is 11.4 Å².